The zero-order valence-electron chi connectivity index (χ0n) is 17.0. The van der Waals surface area contributed by atoms with E-state index in [1.165, 1.54) is 16.7 Å². The zero-order chi connectivity index (χ0) is 20.4. The van der Waals surface area contributed by atoms with Crippen LogP contribution in [0.4, 0.5) is 5.13 Å². The monoisotopic (exact) mass is 459 g/mol. The van der Waals surface area contributed by atoms with E-state index < -0.39 is 0 Å². The lowest BCUT2D eigenvalue weighted by molar-refractivity contribution is -0.118. The van der Waals surface area contributed by atoms with Gasteiger partial charge in [-0.2, -0.15) is 0 Å². The number of likely N-dealkylation sites (N-methyl/N-ethyl adjacent to an activating group) is 1. The van der Waals surface area contributed by atoms with Crippen LogP contribution in [-0.4, -0.2) is 43.0 Å². The fourth-order valence-electron chi connectivity index (χ4n) is 3.36. The van der Waals surface area contributed by atoms with Gasteiger partial charge in [0.2, 0.25) is 5.91 Å². The second-order valence-corrected chi connectivity index (χ2v) is 9.44. The number of thiazole rings is 1. The average molecular weight is 460 g/mol. The summed E-state index contributed by atoms with van der Waals surface area (Å²) in [7, 11) is 4.04. The van der Waals surface area contributed by atoms with Gasteiger partial charge in [0, 0.05) is 17.6 Å². The van der Waals surface area contributed by atoms with E-state index >= 15 is 0 Å². The maximum absolute atomic E-state index is 13.3. The van der Waals surface area contributed by atoms with Crippen LogP contribution in [0.3, 0.4) is 0 Å². The van der Waals surface area contributed by atoms with Crippen molar-refractivity contribution >= 4 is 48.5 Å². The van der Waals surface area contributed by atoms with Crippen molar-refractivity contribution in [1.29, 1.82) is 0 Å². The van der Waals surface area contributed by atoms with Crippen LogP contribution in [-0.2, 0) is 11.2 Å². The number of carbonyl (C=O) groups excluding carboxylic acids is 1. The van der Waals surface area contributed by atoms with Gasteiger partial charge < -0.3 is 4.90 Å². The second-order valence-electron chi connectivity index (χ2n) is 7.51. The Balaban J connectivity index is 1.93. The van der Waals surface area contributed by atoms with E-state index in [2.05, 4.69) is 59.8 Å². The Morgan fingerprint density at radius 2 is 1.75 bits per heavy atom. The highest BCUT2D eigenvalue weighted by atomic mass is 79.9. The number of fused-ring (bicyclic) bond motifs is 1. The number of hydrogen-bond acceptors (Lipinski definition) is 4. The van der Waals surface area contributed by atoms with Crippen LogP contribution in [0.1, 0.15) is 22.3 Å². The molecule has 2 aromatic carbocycles. The summed E-state index contributed by atoms with van der Waals surface area (Å²) in [5.41, 5.74) is 5.62. The highest BCUT2D eigenvalue weighted by Gasteiger charge is 2.21. The van der Waals surface area contributed by atoms with Gasteiger partial charge >= 0.3 is 0 Å². The zero-order valence-corrected chi connectivity index (χ0v) is 19.4. The van der Waals surface area contributed by atoms with Gasteiger partial charge in [-0.05, 0) is 69.8 Å². The van der Waals surface area contributed by atoms with Gasteiger partial charge in [-0.25, -0.2) is 4.98 Å². The van der Waals surface area contributed by atoms with Crippen molar-refractivity contribution in [2.45, 2.75) is 27.2 Å². The number of anilines is 1. The summed E-state index contributed by atoms with van der Waals surface area (Å²) in [6.07, 6.45) is 0.394. The molecule has 28 heavy (non-hydrogen) atoms. The van der Waals surface area contributed by atoms with Crippen LogP contribution in [0.2, 0.25) is 0 Å². The van der Waals surface area contributed by atoms with Crippen LogP contribution in [0, 0.1) is 20.8 Å². The molecule has 1 amide bonds. The fourth-order valence-corrected chi connectivity index (χ4v) is 4.92. The number of halogens is 1. The molecule has 0 aliphatic carbocycles. The molecular formula is C22H26BrN3OS. The number of carbonyl (C=O) groups is 1. The molecule has 0 aliphatic heterocycles. The molecule has 4 nitrogen and oxygen atoms in total. The van der Waals surface area contributed by atoms with E-state index in [9.17, 15) is 4.79 Å². The highest BCUT2D eigenvalue weighted by molar-refractivity contribution is 9.10. The number of amides is 1. The van der Waals surface area contributed by atoms with E-state index in [4.69, 9.17) is 4.98 Å². The van der Waals surface area contributed by atoms with E-state index in [1.807, 2.05) is 31.1 Å². The number of benzene rings is 2. The molecule has 6 heteroatoms. The molecule has 3 aromatic rings. The molecule has 0 aliphatic rings. The Morgan fingerprint density at radius 3 is 2.39 bits per heavy atom. The summed E-state index contributed by atoms with van der Waals surface area (Å²) in [5.74, 6) is 0.0926. The van der Waals surface area contributed by atoms with Gasteiger partial charge in [0.05, 0.1) is 16.6 Å². The lowest BCUT2D eigenvalue weighted by Crippen LogP contribution is -2.37. The Kier molecular flexibility index (Phi) is 6.53. The minimum absolute atomic E-state index is 0.0926. The van der Waals surface area contributed by atoms with Gasteiger partial charge in [-0.3, -0.25) is 9.69 Å². The van der Waals surface area contributed by atoms with E-state index in [0.29, 0.717) is 13.0 Å². The maximum atomic E-state index is 13.3. The summed E-state index contributed by atoms with van der Waals surface area (Å²) in [5, 5.41) is 0.766. The third kappa shape index (κ3) is 4.80. The molecule has 0 saturated heterocycles. The lowest BCUT2D eigenvalue weighted by Gasteiger charge is -2.23. The van der Waals surface area contributed by atoms with Gasteiger partial charge in [0.1, 0.15) is 0 Å². The molecule has 0 fully saturated rings. The molecule has 1 heterocycles. The molecule has 0 unspecified atom stereocenters. The Hall–Kier alpha value is -1.76. The third-order valence-corrected chi connectivity index (χ3v) is 6.34. The number of rotatable bonds is 6. The van der Waals surface area contributed by atoms with Crippen LogP contribution < -0.4 is 4.90 Å². The van der Waals surface area contributed by atoms with Crippen LogP contribution in [0.5, 0.6) is 0 Å². The molecule has 0 spiro atoms. The molecule has 148 valence electrons. The van der Waals surface area contributed by atoms with Crippen LogP contribution in [0.25, 0.3) is 10.2 Å². The largest absolute Gasteiger partial charge is 0.308 e. The molecule has 0 N–H and O–H groups in total. The molecule has 0 atom stereocenters. The molecule has 0 radical (unpaired) electrons. The van der Waals surface area contributed by atoms with Crippen molar-refractivity contribution < 1.29 is 4.79 Å². The van der Waals surface area contributed by atoms with E-state index in [-0.39, 0.29) is 5.91 Å². The first-order chi connectivity index (χ1) is 13.2. The van der Waals surface area contributed by atoms with E-state index in [1.54, 1.807) is 11.3 Å². The van der Waals surface area contributed by atoms with Gasteiger partial charge in [-0.15, -0.1) is 0 Å². The first-order valence-corrected chi connectivity index (χ1v) is 10.9. The lowest BCUT2D eigenvalue weighted by atomic mass is 9.97. The molecule has 0 bridgehead atoms. The van der Waals surface area contributed by atoms with Crippen molar-refractivity contribution in [3.05, 3.63) is 57.1 Å². The summed E-state index contributed by atoms with van der Waals surface area (Å²) in [6.45, 7) is 7.67. The second kappa shape index (κ2) is 8.72. The van der Waals surface area contributed by atoms with Gasteiger partial charge in [0.25, 0.3) is 0 Å². The highest BCUT2D eigenvalue weighted by Crippen LogP contribution is 2.31. The predicted molar refractivity (Wildman–Crippen MR) is 123 cm³/mol. The standard InChI is InChI=1S/C22H26BrN3OS/c1-14-10-15(2)18(16(3)11-14)13-21(27)26(9-8-25(4)5)22-24-19-7-6-17(23)12-20(19)28-22/h6-7,10-12H,8-9,13H2,1-5H3. The number of nitrogens with zero attached hydrogens (tertiary/aromatic N) is 3. The van der Waals surface area contributed by atoms with Crippen LogP contribution >= 0.6 is 27.3 Å². The Labute approximate surface area is 179 Å². The molecule has 3 rings (SSSR count). The maximum Gasteiger partial charge on any atom is 0.233 e. The minimum Gasteiger partial charge on any atom is -0.308 e. The Morgan fingerprint density at radius 1 is 1.07 bits per heavy atom. The number of aromatic nitrogens is 1. The smallest absolute Gasteiger partial charge is 0.233 e. The quantitative estimate of drug-likeness (QED) is 0.512. The van der Waals surface area contributed by atoms with E-state index in [0.717, 1.165) is 31.9 Å². The van der Waals surface area contributed by atoms with Crippen molar-refractivity contribution in [3.63, 3.8) is 0 Å². The third-order valence-electron chi connectivity index (χ3n) is 4.81. The van der Waals surface area contributed by atoms with Crippen molar-refractivity contribution in [2.75, 3.05) is 32.1 Å². The molecule has 1 aromatic heterocycles. The molecular weight excluding hydrogens is 434 g/mol. The van der Waals surface area contributed by atoms with Crippen LogP contribution in [0.15, 0.2) is 34.8 Å². The summed E-state index contributed by atoms with van der Waals surface area (Å²) in [4.78, 5) is 22.0. The van der Waals surface area contributed by atoms with Crippen molar-refractivity contribution in [2.24, 2.45) is 0 Å². The fraction of sp³-hybridized carbons (Fsp3) is 0.364. The first kappa shape index (κ1) is 21.0. The Bertz CT molecular complexity index is 989. The summed E-state index contributed by atoms with van der Waals surface area (Å²) < 4.78 is 2.10. The first-order valence-electron chi connectivity index (χ1n) is 9.32. The number of aryl methyl sites for hydroxylation is 3. The van der Waals surface area contributed by atoms with Gasteiger partial charge in [0.15, 0.2) is 5.13 Å². The number of hydrogen-bond donors (Lipinski definition) is 0. The topological polar surface area (TPSA) is 36.4 Å². The van der Waals surface area contributed by atoms with Crippen molar-refractivity contribution in [1.82, 2.24) is 9.88 Å². The SMILES string of the molecule is Cc1cc(C)c(CC(=O)N(CCN(C)C)c2nc3ccc(Br)cc3s2)c(C)c1. The minimum atomic E-state index is 0.0926. The average Bonchev–Trinajstić information content (AvgIpc) is 3.00. The molecule has 0 saturated carbocycles. The van der Waals surface area contributed by atoms with Gasteiger partial charge in [-0.1, -0.05) is 45.0 Å². The predicted octanol–water partition coefficient (Wildman–Crippen LogP) is 5.12. The summed E-state index contributed by atoms with van der Waals surface area (Å²) >= 11 is 5.08. The summed E-state index contributed by atoms with van der Waals surface area (Å²) in [6, 6.07) is 10.3. The van der Waals surface area contributed by atoms with Crippen molar-refractivity contribution in [3.8, 4) is 0 Å². The normalized spacial score (nSPS) is 11.4.